The first-order chi connectivity index (χ1) is 6.63. The van der Waals surface area contributed by atoms with Gasteiger partial charge in [0, 0.05) is 5.92 Å². The first-order valence-electron chi connectivity index (χ1n) is 4.97. The SMILES string of the molecule is C=CC1=CCC(C(=O)CC(C)=O)CC1. The summed E-state index contributed by atoms with van der Waals surface area (Å²) in [6.45, 7) is 5.16. The number of carbonyl (C=O) groups excluding carboxylic acids is 2. The summed E-state index contributed by atoms with van der Waals surface area (Å²) in [4.78, 5) is 22.3. The van der Waals surface area contributed by atoms with Crippen LogP contribution in [0.5, 0.6) is 0 Å². The minimum Gasteiger partial charge on any atom is -0.300 e. The monoisotopic (exact) mass is 192 g/mol. The van der Waals surface area contributed by atoms with Gasteiger partial charge in [-0.3, -0.25) is 9.59 Å². The van der Waals surface area contributed by atoms with Gasteiger partial charge < -0.3 is 0 Å². The van der Waals surface area contributed by atoms with Crippen molar-refractivity contribution in [1.29, 1.82) is 0 Å². The van der Waals surface area contributed by atoms with Crippen LogP contribution >= 0.6 is 0 Å². The summed E-state index contributed by atoms with van der Waals surface area (Å²) >= 11 is 0. The van der Waals surface area contributed by atoms with Crippen molar-refractivity contribution >= 4 is 11.6 Å². The molecule has 0 spiro atoms. The van der Waals surface area contributed by atoms with Gasteiger partial charge in [0.15, 0.2) is 0 Å². The van der Waals surface area contributed by atoms with Crippen molar-refractivity contribution in [3.63, 3.8) is 0 Å². The lowest BCUT2D eigenvalue weighted by Crippen LogP contribution is -2.18. The summed E-state index contributed by atoms with van der Waals surface area (Å²) in [7, 11) is 0. The van der Waals surface area contributed by atoms with E-state index in [1.165, 1.54) is 12.5 Å². The molecule has 0 heterocycles. The molecule has 0 aliphatic heterocycles. The Hall–Kier alpha value is -1.18. The van der Waals surface area contributed by atoms with E-state index in [1.54, 1.807) is 0 Å². The summed E-state index contributed by atoms with van der Waals surface area (Å²) in [5.41, 5.74) is 1.22. The van der Waals surface area contributed by atoms with Crippen LogP contribution in [0.25, 0.3) is 0 Å². The van der Waals surface area contributed by atoms with Gasteiger partial charge in [0.1, 0.15) is 11.6 Å². The first-order valence-corrected chi connectivity index (χ1v) is 4.97. The topological polar surface area (TPSA) is 34.1 Å². The number of ketones is 2. The molecule has 1 unspecified atom stereocenters. The minimum absolute atomic E-state index is 0.0338. The molecule has 0 aromatic carbocycles. The second kappa shape index (κ2) is 4.89. The van der Waals surface area contributed by atoms with E-state index in [2.05, 4.69) is 12.7 Å². The van der Waals surface area contributed by atoms with Gasteiger partial charge in [-0.1, -0.05) is 24.3 Å². The van der Waals surface area contributed by atoms with Crippen molar-refractivity contribution in [2.24, 2.45) is 5.92 Å². The lowest BCUT2D eigenvalue weighted by Gasteiger charge is -2.18. The van der Waals surface area contributed by atoms with Crippen LogP contribution in [0.1, 0.15) is 32.6 Å². The zero-order valence-electron chi connectivity index (χ0n) is 8.58. The fourth-order valence-electron chi connectivity index (χ4n) is 1.72. The van der Waals surface area contributed by atoms with Crippen molar-refractivity contribution in [3.05, 3.63) is 24.3 Å². The molecule has 0 radical (unpaired) electrons. The maximum absolute atomic E-state index is 11.5. The molecule has 1 atom stereocenters. The first kappa shape index (κ1) is 10.9. The van der Waals surface area contributed by atoms with E-state index in [1.807, 2.05) is 6.08 Å². The third kappa shape index (κ3) is 2.95. The minimum atomic E-state index is -0.0338. The van der Waals surface area contributed by atoms with Gasteiger partial charge in [-0.15, -0.1) is 0 Å². The molecule has 1 aliphatic rings. The molecule has 1 aliphatic carbocycles. The van der Waals surface area contributed by atoms with Crippen molar-refractivity contribution in [2.75, 3.05) is 0 Å². The van der Waals surface area contributed by atoms with Crippen LogP contribution in [0.2, 0.25) is 0 Å². The maximum atomic E-state index is 11.5. The second-order valence-electron chi connectivity index (χ2n) is 3.80. The molecule has 0 aromatic heterocycles. The van der Waals surface area contributed by atoms with E-state index in [9.17, 15) is 9.59 Å². The smallest absolute Gasteiger partial charge is 0.143 e. The average molecular weight is 192 g/mol. The Morgan fingerprint density at radius 1 is 1.64 bits per heavy atom. The van der Waals surface area contributed by atoms with Crippen LogP contribution in [0.4, 0.5) is 0 Å². The van der Waals surface area contributed by atoms with Gasteiger partial charge in [0.25, 0.3) is 0 Å². The fraction of sp³-hybridized carbons (Fsp3) is 0.500. The molecule has 0 saturated carbocycles. The summed E-state index contributed by atoms with van der Waals surface area (Å²) in [5, 5.41) is 0. The Kier molecular flexibility index (Phi) is 3.81. The maximum Gasteiger partial charge on any atom is 0.143 e. The van der Waals surface area contributed by atoms with E-state index < -0.39 is 0 Å². The molecule has 2 heteroatoms. The largest absolute Gasteiger partial charge is 0.300 e. The molecule has 76 valence electrons. The number of carbonyl (C=O) groups is 2. The van der Waals surface area contributed by atoms with E-state index in [4.69, 9.17) is 0 Å². The van der Waals surface area contributed by atoms with Crippen LogP contribution in [0, 0.1) is 5.92 Å². The Morgan fingerprint density at radius 3 is 2.79 bits per heavy atom. The predicted octanol–water partition coefficient (Wildman–Crippen LogP) is 2.45. The molecule has 2 nitrogen and oxygen atoms in total. The summed E-state index contributed by atoms with van der Waals surface area (Å²) in [5.74, 6) is 0.118. The molecule has 0 saturated heterocycles. The lowest BCUT2D eigenvalue weighted by atomic mass is 9.85. The number of rotatable bonds is 4. The van der Waals surface area contributed by atoms with Gasteiger partial charge in [-0.2, -0.15) is 0 Å². The van der Waals surface area contributed by atoms with Crippen molar-refractivity contribution in [1.82, 2.24) is 0 Å². The molecular weight excluding hydrogens is 176 g/mol. The average Bonchev–Trinajstić information content (AvgIpc) is 2.17. The van der Waals surface area contributed by atoms with Crippen molar-refractivity contribution in [3.8, 4) is 0 Å². The molecule has 0 amide bonds. The highest BCUT2D eigenvalue weighted by Gasteiger charge is 2.21. The Bertz CT molecular complexity index is 287. The van der Waals surface area contributed by atoms with Crippen LogP contribution < -0.4 is 0 Å². The Morgan fingerprint density at radius 2 is 2.36 bits per heavy atom. The molecule has 0 N–H and O–H groups in total. The fourth-order valence-corrected chi connectivity index (χ4v) is 1.72. The molecule has 0 bridgehead atoms. The van der Waals surface area contributed by atoms with Crippen LogP contribution in [-0.2, 0) is 9.59 Å². The Labute approximate surface area is 84.7 Å². The summed E-state index contributed by atoms with van der Waals surface area (Å²) in [6, 6.07) is 0. The highest BCUT2D eigenvalue weighted by atomic mass is 16.1. The molecule has 0 aromatic rings. The second-order valence-corrected chi connectivity index (χ2v) is 3.80. The standard InChI is InChI=1S/C12H16O2/c1-3-10-4-6-11(7-5-10)12(14)8-9(2)13/h3-4,11H,1,5-8H2,2H3. The van der Waals surface area contributed by atoms with E-state index in [0.29, 0.717) is 0 Å². The van der Waals surface area contributed by atoms with Gasteiger partial charge in [-0.25, -0.2) is 0 Å². The highest BCUT2D eigenvalue weighted by Crippen LogP contribution is 2.25. The van der Waals surface area contributed by atoms with Crippen LogP contribution in [0.3, 0.4) is 0 Å². The van der Waals surface area contributed by atoms with Gasteiger partial charge >= 0.3 is 0 Å². The molecule has 14 heavy (non-hydrogen) atoms. The normalized spacial score (nSPS) is 21.2. The predicted molar refractivity (Wildman–Crippen MR) is 55.9 cm³/mol. The molecular formula is C12H16O2. The zero-order valence-corrected chi connectivity index (χ0v) is 8.58. The van der Waals surface area contributed by atoms with E-state index >= 15 is 0 Å². The third-order valence-electron chi connectivity index (χ3n) is 2.59. The molecule has 0 fully saturated rings. The zero-order chi connectivity index (χ0) is 10.6. The quantitative estimate of drug-likeness (QED) is 0.641. The number of allylic oxidation sites excluding steroid dienone is 3. The number of Topliss-reactive ketones (excluding diaryl/α,β-unsaturated/α-hetero) is 2. The molecule has 1 rings (SSSR count). The van der Waals surface area contributed by atoms with E-state index in [-0.39, 0.29) is 23.9 Å². The Balaban J connectivity index is 2.49. The van der Waals surface area contributed by atoms with E-state index in [0.717, 1.165) is 19.3 Å². The van der Waals surface area contributed by atoms with Gasteiger partial charge in [-0.05, 0) is 26.2 Å². The number of hydrogen-bond donors (Lipinski definition) is 0. The number of hydrogen-bond acceptors (Lipinski definition) is 2. The van der Waals surface area contributed by atoms with Gasteiger partial charge in [0.2, 0.25) is 0 Å². The van der Waals surface area contributed by atoms with Crippen molar-refractivity contribution < 1.29 is 9.59 Å². The lowest BCUT2D eigenvalue weighted by molar-refractivity contribution is -0.128. The van der Waals surface area contributed by atoms with Crippen LogP contribution in [0.15, 0.2) is 24.3 Å². The third-order valence-corrected chi connectivity index (χ3v) is 2.59. The van der Waals surface area contributed by atoms with Crippen LogP contribution in [-0.4, -0.2) is 11.6 Å². The summed E-state index contributed by atoms with van der Waals surface area (Å²) in [6.07, 6.45) is 6.54. The van der Waals surface area contributed by atoms with Crippen molar-refractivity contribution in [2.45, 2.75) is 32.6 Å². The van der Waals surface area contributed by atoms with Gasteiger partial charge in [0.05, 0.1) is 6.42 Å². The summed E-state index contributed by atoms with van der Waals surface area (Å²) < 4.78 is 0. The highest BCUT2D eigenvalue weighted by molar-refractivity contribution is 5.99.